The lowest BCUT2D eigenvalue weighted by molar-refractivity contribution is -0.124. The summed E-state index contributed by atoms with van der Waals surface area (Å²) in [5.41, 5.74) is 3.16. The standard InChI is InChI=1S/C19H27N3O2/c1-14-7-5-6-8-15(14)9-10-16-13-17(22-21-16)20-18(23)19(2,3)11-12-24-4/h5-8,13H,9-12H2,1-4H3,(H2,20,21,22,23). The number of amides is 1. The molecule has 0 aliphatic carbocycles. The summed E-state index contributed by atoms with van der Waals surface area (Å²) in [6.45, 7) is 6.50. The Labute approximate surface area is 143 Å². The first kappa shape index (κ1) is 18.2. The zero-order valence-corrected chi connectivity index (χ0v) is 15.0. The largest absolute Gasteiger partial charge is 0.385 e. The van der Waals surface area contributed by atoms with Crippen molar-refractivity contribution >= 4 is 11.7 Å². The molecule has 1 amide bonds. The molecule has 0 spiro atoms. The van der Waals surface area contributed by atoms with Gasteiger partial charge in [-0.25, -0.2) is 0 Å². The lowest BCUT2D eigenvalue weighted by atomic mass is 9.88. The molecule has 0 saturated carbocycles. The Balaban J connectivity index is 1.91. The number of rotatable bonds is 8. The molecule has 1 heterocycles. The number of nitrogens with zero attached hydrogens (tertiary/aromatic N) is 1. The van der Waals surface area contributed by atoms with Gasteiger partial charge in [-0.05, 0) is 37.3 Å². The van der Waals surface area contributed by atoms with Gasteiger partial charge in [0.25, 0.3) is 0 Å². The predicted molar refractivity (Wildman–Crippen MR) is 96.1 cm³/mol. The van der Waals surface area contributed by atoms with Crippen LogP contribution in [0.3, 0.4) is 0 Å². The van der Waals surface area contributed by atoms with Crippen molar-refractivity contribution in [1.29, 1.82) is 0 Å². The van der Waals surface area contributed by atoms with Crippen molar-refractivity contribution in [3.63, 3.8) is 0 Å². The van der Waals surface area contributed by atoms with Crippen LogP contribution in [0.25, 0.3) is 0 Å². The Hall–Kier alpha value is -2.14. The van der Waals surface area contributed by atoms with E-state index in [9.17, 15) is 4.79 Å². The smallest absolute Gasteiger partial charge is 0.231 e. The van der Waals surface area contributed by atoms with E-state index in [-0.39, 0.29) is 5.91 Å². The quantitative estimate of drug-likeness (QED) is 0.779. The van der Waals surface area contributed by atoms with E-state index in [1.807, 2.05) is 26.0 Å². The van der Waals surface area contributed by atoms with Crippen LogP contribution < -0.4 is 5.32 Å². The Morgan fingerprint density at radius 1 is 1.29 bits per heavy atom. The van der Waals surface area contributed by atoms with Crippen molar-refractivity contribution in [2.24, 2.45) is 5.41 Å². The third-order valence-electron chi connectivity index (χ3n) is 4.34. The number of anilines is 1. The van der Waals surface area contributed by atoms with E-state index in [4.69, 9.17) is 4.74 Å². The Bertz CT molecular complexity index is 677. The van der Waals surface area contributed by atoms with Crippen LogP contribution in [-0.2, 0) is 22.4 Å². The molecule has 5 heteroatoms. The summed E-state index contributed by atoms with van der Waals surface area (Å²) in [6.07, 6.45) is 2.47. The van der Waals surface area contributed by atoms with Gasteiger partial charge in [0.15, 0.2) is 5.82 Å². The molecule has 24 heavy (non-hydrogen) atoms. The molecule has 2 N–H and O–H groups in total. The number of benzene rings is 1. The molecular formula is C19H27N3O2. The molecule has 5 nitrogen and oxygen atoms in total. The summed E-state index contributed by atoms with van der Waals surface area (Å²) < 4.78 is 5.06. The van der Waals surface area contributed by atoms with E-state index in [1.165, 1.54) is 11.1 Å². The van der Waals surface area contributed by atoms with Gasteiger partial charge in [0.1, 0.15) is 0 Å². The van der Waals surface area contributed by atoms with E-state index < -0.39 is 5.41 Å². The number of carbonyl (C=O) groups is 1. The normalized spacial score (nSPS) is 11.5. The second kappa shape index (κ2) is 8.11. The minimum Gasteiger partial charge on any atom is -0.385 e. The highest BCUT2D eigenvalue weighted by molar-refractivity contribution is 5.94. The van der Waals surface area contributed by atoms with Gasteiger partial charge in [-0.2, -0.15) is 5.10 Å². The molecule has 0 radical (unpaired) electrons. The SMILES string of the molecule is COCCC(C)(C)C(=O)Nc1cc(CCc2ccccc2C)[nH]n1. The second-order valence-corrected chi connectivity index (χ2v) is 6.79. The topological polar surface area (TPSA) is 67.0 Å². The maximum absolute atomic E-state index is 12.4. The zero-order chi connectivity index (χ0) is 17.6. The molecule has 0 unspecified atom stereocenters. The first-order chi connectivity index (χ1) is 11.4. The van der Waals surface area contributed by atoms with E-state index >= 15 is 0 Å². The van der Waals surface area contributed by atoms with Gasteiger partial charge in [-0.3, -0.25) is 9.89 Å². The highest BCUT2D eigenvalue weighted by Gasteiger charge is 2.27. The number of hydrogen-bond donors (Lipinski definition) is 2. The fourth-order valence-electron chi connectivity index (χ4n) is 2.47. The monoisotopic (exact) mass is 329 g/mol. The molecule has 130 valence electrons. The van der Waals surface area contributed by atoms with Crippen molar-refractivity contribution in [3.8, 4) is 0 Å². The van der Waals surface area contributed by atoms with Crippen LogP contribution in [0.5, 0.6) is 0 Å². The van der Waals surface area contributed by atoms with Gasteiger partial charge in [0.2, 0.25) is 5.91 Å². The molecule has 1 aromatic carbocycles. The van der Waals surface area contributed by atoms with E-state index in [1.54, 1.807) is 7.11 Å². The minimum absolute atomic E-state index is 0.0449. The van der Waals surface area contributed by atoms with Crippen LogP contribution in [0.15, 0.2) is 30.3 Å². The van der Waals surface area contributed by atoms with Gasteiger partial charge in [-0.1, -0.05) is 38.1 Å². The van der Waals surface area contributed by atoms with Crippen molar-refractivity contribution in [2.45, 2.75) is 40.0 Å². The molecule has 0 saturated heterocycles. The maximum Gasteiger partial charge on any atom is 0.231 e. The fourth-order valence-corrected chi connectivity index (χ4v) is 2.47. The van der Waals surface area contributed by atoms with Gasteiger partial charge >= 0.3 is 0 Å². The van der Waals surface area contributed by atoms with E-state index in [2.05, 4.69) is 40.6 Å². The van der Waals surface area contributed by atoms with E-state index in [0.29, 0.717) is 18.8 Å². The van der Waals surface area contributed by atoms with Crippen LogP contribution in [0.2, 0.25) is 0 Å². The highest BCUT2D eigenvalue weighted by atomic mass is 16.5. The molecule has 0 aliphatic rings. The van der Waals surface area contributed by atoms with Gasteiger partial charge in [-0.15, -0.1) is 0 Å². The first-order valence-corrected chi connectivity index (χ1v) is 8.31. The van der Waals surface area contributed by atoms with Gasteiger partial charge in [0, 0.05) is 30.9 Å². The maximum atomic E-state index is 12.4. The van der Waals surface area contributed by atoms with Crippen LogP contribution in [0, 0.1) is 12.3 Å². The highest BCUT2D eigenvalue weighted by Crippen LogP contribution is 2.22. The number of aromatic nitrogens is 2. The first-order valence-electron chi connectivity index (χ1n) is 8.31. The number of methoxy groups -OCH3 is 1. The molecule has 2 aromatic rings. The summed E-state index contributed by atoms with van der Waals surface area (Å²) in [5, 5.41) is 10.1. The molecule has 2 rings (SSSR count). The third-order valence-corrected chi connectivity index (χ3v) is 4.34. The van der Waals surface area contributed by atoms with E-state index in [0.717, 1.165) is 18.5 Å². The van der Waals surface area contributed by atoms with Crippen LogP contribution in [0.4, 0.5) is 5.82 Å². The summed E-state index contributed by atoms with van der Waals surface area (Å²) in [7, 11) is 1.64. The van der Waals surface area contributed by atoms with Crippen LogP contribution in [-0.4, -0.2) is 29.8 Å². The minimum atomic E-state index is -0.490. The Morgan fingerprint density at radius 3 is 2.75 bits per heavy atom. The molecular weight excluding hydrogens is 302 g/mol. The van der Waals surface area contributed by atoms with Crippen molar-refractivity contribution in [2.75, 3.05) is 19.0 Å². The number of aryl methyl sites for hydroxylation is 3. The summed E-state index contributed by atoms with van der Waals surface area (Å²) in [6, 6.07) is 10.3. The van der Waals surface area contributed by atoms with Crippen LogP contribution in [0.1, 0.15) is 37.1 Å². The average molecular weight is 329 g/mol. The molecule has 1 aromatic heterocycles. The molecule has 0 fully saturated rings. The average Bonchev–Trinajstić information content (AvgIpc) is 2.99. The summed E-state index contributed by atoms with van der Waals surface area (Å²) >= 11 is 0. The number of aromatic amines is 1. The molecule has 0 bridgehead atoms. The number of nitrogens with one attached hydrogen (secondary N) is 2. The number of carbonyl (C=O) groups excluding carboxylic acids is 1. The Morgan fingerprint density at radius 2 is 2.04 bits per heavy atom. The van der Waals surface area contributed by atoms with Crippen molar-refractivity contribution in [3.05, 3.63) is 47.2 Å². The summed E-state index contributed by atoms with van der Waals surface area (Å²) in [5.74, 6) is 0.529. The Kier molecular flexibility index (Phi) is 6.15. The third kappa shape index (κ3) is 4.93. The number of ether oxygens (including phenoxy) is 1. The number of hydrogen-bond acceptors (Lipinski definition) is 3. The zero-order valence-electron chi connectivity index (χ0n) is 15.0. The fraction of sp³-hybridized carbons (Fsp3) is 0.474. The summed E-state index contributed by atoms with van der Waals surface area (Å²) in [4.78, 5) is 12.4. The molecule has 0 atom stereocenters. The van der Waals surface area contributed by atoms with Gasteiger partial charge < -0.3 is 10.1 Å². The van der Waals surface area contributed by atoms with Crippen molar-refractivity contribution in [1.82, 2.24) is 10.2 Å². The van der Waals surface area contributed by atoms with Crippen LogP contribution >= 0.6 is 0 Å². The lowest BCUT2D eigenvalue weighted by Crippen LogP contribution is -2.32. The second-order valence-electron chi connectivity index (χ2n) is 6.79. The van der Waals surface area contributed by atoms with Gasteiger partial charge in [0.05, 0.1) is 0 Å². The molecule has 0 aliphatic heterocycles. The lowest BCUT2D eigenvalue weighted by Gasteiger charge is -2.22. The number of H-pyrrole nitrogens is 1. The van der Waals surface area contributed by atoms with Crippen molar-refractivity contribution < 1.29 is 9.53 Å². The predicted octanol–water partition coefficient (Wildman–Crippen LogP) is 3.50.